The fraction of sp³-hybridized carbons (Fsp3) is 0.800. The molecule has 2 aliphatic rings. The minimum atomic E-state index is 0.00954. The van der Waals surface area contributed by atoms with Gasteiger partial charge in [-0.05, 0) is 37.0 Å². The second-order valence-corrected chi connectivity index (χ2v) is 5.56. The first-order chi connectivity index (χ1) is 6.59. The Morgan fingerprint density at radius 3 is 2.07 bits per heavy atom. The van der Waals surface area contributed by atoms with Crippen LogP contribution < -0.4 is 11.5 Å². The zero-order chi connectivity index (χ0) is 10.3. The molecule has 2 fully saturated rings. The largest absolute Gasteiger partial charge is 0.393 e. The van der Waals surface area contributed by atoms with Gasteiger partial charge >= 0.3 is 0 Å². The van der Waals surface area contributed by atoms with Crippen LogP contribution in [0.4, 0.5) is 0 Å². The maximum atomic E-state index is 5.71. The van der Waals surface area contributed by atoms with E-state index in [0.29, 0.717) is 15.9 Å². The van der Waals surface area contributed by atoms with Gasteiger partial charge in [-0.3, -0.25) is 0 Å². The second-order valence-electron chi connectivity index (χ2n) is 4.62. The van der Waals surface area contributed by atoms with Crippen molar-refractivity contribution < 1.29 is 0 Å². The third kappa shape index (κ3) is 1.65. The van der Waals surface area contributed by atoms with Crippen LogP contribution in [0.25, 0.3) is 0 Å². The molecule has 0 amide bonds. The minimum absolute atomic E-state index is 0.00954. The van der Waals surface area contributed by atoms with Gasteiger partial charge in [0.1, 0.15) is 0 Å². The molecule has 14 heavy (non-hydrogen) atoms. The van der Waals surface area contributed by atoms with Crippen LogP contribution in [0.15, 0.2) is 0 Å². The fourth-order valence-corrected chi connectivity index (χ4v) is 3.94. The molecule has 0 radical (unpaired) electrons. The van der Waals surface area contributed by atoms with Gasteiger partial charge in [-0.15, -0.1) is 0 Å². The molecule has 0 aromatic heterocycles. The zero-order valence-electron chi connectivity index (χ0n) is 8.11. The van der Waals surface area contributed by atoms with Crippen molar-refractivity contribution in [3.8, 4) is 0 Å². The highest BCUT2D eigenvalue weighted by molar-refractivity contribution is 7.82. The smallest absolute Gasteiger partial charge is 0.0830 e. The summed E-state index contributed by atoms with van der Waals surface area (Å²) in [5.41, 5.74) is 11.4. The summed E-state index contributed by atoms with van der Waals surface area (Å²) in [4.78, 5) is 0.991. The van der Waals surface area contributed by atoms with E-state index in [1.54, 1.807) is 0 Å². The molecule has 0 aromatic carbocycles. The van der Waals surface area contributed by atoms with Crippen molar-refractivity contribution in [1.29, 1.82) is 0 Å². The van der Waals surface area contributed by atoms with E-state index in [-0.39, 0.29) is 5.92 Å². The Kier molecular flexibility index (Phi) is 2.75. The Hall–Kier alpha value is -0.220. The number of thiocarbonyl (C=S) groups is 2. The van der Waals surface area contributed by atoms with E-state index in [1.807, 2.05) is 0 Å². The van der Waals surface area contributed by atoms with Crippen molar-refractivity contribution in [2.24, 2.45) is 35.1 Å². The summed E-state index contributed by atoms with van der Waals surface area (Å²) in [5, 5.41) is 0. The van der Waals surface area contributed by atoms with E-state index in [0.717, 1.165) is 11.8 Å². The predicted octanol–water partition coefficient (Wildman–Crippen LogP) is 1.61. The lowest BCUT2D eigenvalue weighted by molar-refractivity contribution is 0.314. The van der Waals surface area contributed by atoms with Gasteiger partial charge in [0.2, 0.25) is 0 Å². The molecule has 2 rings (SSSR count). The molecule has 78 valence electrons. The second kappa shape index (κ2) is 3.74. The molecule has 2 aliphatic carbocycles. The van der Waals surface area contributed by atoms with Gasteiger partial charge in [0.15, 0.2) is 0 Å². The van der Waals surface area contributed by atoms with Crippen molar-refractivity contribution in [2.75, 3.05) is 0 Å². The van der Waals surface area contributed by atoms with Gasteiger partial charge in [0, 0.05) is 0 Å². The quantitative estimate of drug-likeness (QED) is 0.721. The summed E-state index contributed by atoms with van der Waals surface area (Å²) in [6.07, 6.45) is 5.26. The van der Waals surface area contributed by atoms with Crippen LogP contribution in [0, 0.1) is 23.7 Å². The Bertz CT molecular complexity index is 263. The van der Waals surface area contributed by atoms with Crippen molar-refractivity contribution in [3.05, 3.63) is 0 Å². The highest BCUT2D eigenvalue weighted by Gasteiger charge is 2.44. The summed E-state index contributed by atoms with van der Waals surface area (Å²) >= 11 is 10.1. The molecule has 3 atom stereocenters. The van der Waals surface area contributed by atoms with Gasteiger partial charge in [-0.2, -0.15) is 0 Å². The topological polar surface area (TPSA) is 52.0 Å². The molecule has 3 unspecified atom stereocenters. The Morgan fingerprint density at radius 2 is 1.71 bits per heavy atom. The first-order valence-electron chi connectivity index (χ1n) is 5.18. The lowest BCUT2D eigenvalue weighted by atomic mass is 9.79. The van der Waals surface area contributed by atoms with Crippen LogP contribution in [0.2, 0.25) is 0 Å². The van der Waals surface area contributed by atoms with Crippen molar-refractivity contribution >= 4 is 34.4 Å². The monoisotopic (exact) mass is 228 g/mol. The summed E-state index contributed by atoms with van der Waals surface area (Å²) in [5.74, 6) is 2.21. The van der Waals surface area contributed by atoms with Crippen LogP contribution >= 0.6 is 24.4 Å². The molecule has 4 heteroatoms. The van der Waals surface area contributed by atoms with Gasteiger partial charge < -0.3 is 11.5 Å². The van der Waals surface area contributed by atoms with Crippen molar-refractivity contribution in [3.63, 3.8) is 0 Å². The predicted molar refractivity (Wildman–Crippen MR) is 66.0 cm³/mol. The zero-order valence-corrected chi connectivity index (χ0v) is 9.74. The lowest BCUT2D eigenvalue weighted by Gasteiger charge is -2.28. The van der Waals surface area contributed by atoms with Gasteiger partial charge in [0.25, 0.3) is 0 Å². The number of hydrogen-bond acceptors (Lipinski definition) is 2. The Balaban J connectivity index is 2.13. The average molecular weight is 228 g/mol. The van der Waals surface area contributed by atoms with Crippen LogP contribution in [-0.2, 0) is 0 Å². The third-order valence-corrected chi connectivity index (χ3v) is 4.34. The standard InChI is InChI=1S/C10H16N2S2/c11-9(13)8(10(12)14)7-4-5-1-2-6(7)3-5/h5-8H,1-4H2,(H2,11,13)(H2,12,14). The molecule has 0 spiro atoms. The fourth-order valence-electron chi connectivity index (χ4n) is 3.26. The molecule has 2 saturated carbocycles. The molecule has 0 aliphatic heterocycles. The number of rotatable bonds is 3. The molecule has 0 aromatic rings. The molecular formula is C10H16N2S2. The summed E-state index contributed by atoms with van der Waals surface area (Å²) in [6, 6.07) is 0. The minimum Gasteiger partial charge on any atom is -0.393 e. The van der Waals surface area contributed by atoms with E-state index in [4.69, 9.17) is 35.9 Å². The third-order valence-electron chi connectivity index (χ3n) is 3.83. The highest BCUT2D eigenvalue weighted by atomic mass is 32.1. The number of nitrogens with two attached hydrogens (primary N) is 2. The van der Waals surface area contributed by atoms with Crippen LogP contribution in [-0.4, -0.2) is 9.98 Å². The van der Waals surface area contributed by atoms with Crippen molar-refractivity contribution in [1.82, 2.24) is 0 Å². The average Bonchev–Trinajstić information content (AvgIpc) is 2.63. The number of hydrogen-bond donors (Lipinski definition) is 2. The molecular weight excluding hydrogens is 212 g/mol. The Labute approximate surface area is 95.4 Å². The van der Waals surface area contributed by atoms with Crippen LogP contribution in [0.5, 0.6) is 0 Å². The lowest BCUT2D eigenvalue weighted by Crippen LogP contribution is -2.40. The molecule has 0 heterocycles. The van der Waals surface area contributed by atoms with Crippen molar-refractivity contribution in [2.45, 2.75) is 25.7 Å². The van der Waals surface area contributed by atoms with E-state index in [1.165, 1.54) is 25.7 Å². The van der Waals surface area contributed by atoms with E-state index in [2.05, 4.69) is 0 Å². The summed E-state index contributed by atoms with van der Waals surface area (Å²) < 4.78 is 0. The normalized spacial score (nSPS) is 35.1. The first-order valence-corrected chi connectivity index (χ1v) is 6.00. The maximum Gasteiger partial charge on any atom is 0.0830 e. The highest BCUT2D eigenvalue weighted by Crippen LogP contribution is 2.51. The van der Waals surface area contributed by atoms with Crippen LogP contribution in [0.1, 0.15) is 25.7 Å². The summed E-state index contributed by atoms with van der Waals surface area (Å²) in [6.45, 7) is 0. The van der Waals surface area contributed by atoms with Gasteiger partial charge in [-0.25, -0.2) is 0 Å². The van der Waals surface area contributed by atoms with E-state index < -0.39 is 0 Å². The summed E-state index contributed by atoms with van der Waals surface area (Å²) in [7, 11) is 0. The Morgan fingerprint density at radius 1 is 1.07 bits per heavy atom. The van der Waals surface area contributed by atoms with E-state index >= 15 is 0 Å². The SMILES string of the molecule is NC(=S)C(C(N)=S)C1CC2CCC1C2. The molecule has 4 N–H and O–H groups in total. The molecule has 0 saturated heterocycles. The van der Waals surface area contributed by atoms with Gasteiger partial charge in [0.05, 0.1) is 15.9 Å². The maximum absolute atomic E-state index is 5.71. The number of fused-ring (bicyclic) bond motifs is 2. The molecule has 2 bridgehead atoms. The molecule has 2 nitrogen and oxygen atoms in total. The van der Waals surface area contributed by atoms with Crippen LogP contribution in [0.3, 0.4) is 0 Å². The van der Waals surface area contributed by atoms with Gasteiger partial charge in [-0.1, -0.05) is 30.9 Å². The van der Waals surface area contributed by atoms with E-state index in [9.17, 15) is 0 Å². The first kappa shape index (κ1) is 10.3.